The summed E-state index contributed by atoms with van der Waals surface area (Å²) in [6.07, 6.45) is 69.6. The van der Waals surface area contributed by atoms with Crippen molar-refractivity contribution in [2.75, 3.05) is 13.2 Å². The molecule has 6 N–H and O–H groups in total. The Labute approximate surface area is 461 Å². The van der Waals surface area contributed by atoms with Crippen LogP contribution >= 0.6 is 0 Å². The monoisotopic (exact) mass is 1050 g/mol. The van der Waals surface area contributed by atoms with Crippen LogP contribution in [0.1, 0.15) is 284 Å². The van der Waals surface area contributed by atoms with E-state index in [1.165, 1.54) is 180 Å². The number of rotatable bonds is 54. The van der Waals surface area contributed by atoms with Gasteiger partial charge in [0, 0.05) is 6.42 Å². The normalized spacial score (nSPS) is 19.4. The van der Waals surface area contributed by atoms with Gasteiger partial charge in [0.05, 0.1) is 25.4 Å². The van der Waals surface area contributed by atoms with Crippen molar-refractivity contribution < 1.29 is 39.8 Å². The van der Waals surface area contributed by atoms with Crippen LogP contribution in [0.25, 0.3) is 0 Å². The molecule has 75 heavy (non-hydrogen) atoms. The molecular weight excluding hydrogens is 935 g/mol. The van der Waals surface area contributed by atoms with Crippen LogP contribution in [0.5, 0.6) is 0 Å². The van der Waals surface area contributed by atoms with Crippen molar-refractivity contribution >= 4 is 5.91 Å². The second kappa shape index (κ2) is 55.0. The number of amides is 1. The summed E-state index contributed by atoms with van der Waals surface area (Å²) in [7, 11) is 0. The second-order valence-electron chi connectivity index (χ2n) is 21.8. The number of unbranched alkanes of at least 4 members (excludes halogenated alkanes) is 32. The molecule has 1 aliphatic heterocycles. The lowest BCUT2D eigenvalue weighted by molar-refractivity contribution is -0.302. The van der Waals surface area contributed by atoms with Gasteiger partial charge < -0.3 is 40.3 Å². The van der Waals surface area contributed by atoms with E-state index in [2.05, 4.69) is 92.1 Å². The molecule has 1 heterocycles. The molecule has 436 valence electrons. The maximum Gasteiger partial charge on any atom is 0.220 e. The first kappa shape index (κ1) is 70.6. The first-order valence-electron chi connectivity index (χ1n) is 31.6. The third kappa shape index (κ3) is 44.2. The van der Waals surface area contributed by atoms with Crippen molar-refractivity contribution in [3.63, 3.8) is 0 Å². The molecule has 0 spiro atoms. The first-order chi connectivity index (χ1) is 36.8. The van der Waals surface area contributed by atoms with E-state index in [0.29, 0.717) is 12.8 Å². The van der Waals surface area contributed by atoms with E-state index in [9.17, 15) is 30.3 Å². The van der Waals surface area contributed by atoms with Gasteiger partial charge in [0.1, 0.15) is 24.4 Å². The Morgan fingerprint density at radius 3 is 1.23 bits per heavy atom. The average molecular weight is 1050 g/mol. The molecule has 7 unspecified atom stereocenters. The number of aliphatic hydroxyl groups excluding tert-OH is 5. The molecule has 7 atom stereocenters. The molecule has 9 heteroatoms. The highest BCUT2D eigenvalue weighted by atomic mass is 16.7. The first-order valence-corrected chi connectivity index (χ1v) is 31.6. The van der Waals surface area contributed by atoms with Gasteiger partial charge in [-0.25, -0.2) is 0 Å². The minimum Gasteiger partial charge on any atom is -0.394 e. The van der Waals surface area contributed by atoms with Crippen LogP contribution in [-0.2, 0) is 14.3 Å². The molecule has 1 fully saturated rings. The van der Waals surface area contributed by atoms with Crippen LogP contribution < -0.4 is 5.32 Å². The van der Waals surface area contributed by atoms with Crippen molar-refractivity contribution in [1.29, 1.82) is 0 Å². The number of aliphatic hydroxyl groups is 5. The quantitative estimate of drug-likeness (QED) is 0.0261. The summed E-state index contributed by atoms with van der Waals surface area (Å²) < 4.78 is 11.3. The lowest BCUT2D eigenvalue weighted by Gasteiger charge is -2.40. The molecule has 0 saturated carbocycles. The molecule has 0 aliphatic carbocycles. The summed E-state index contributed by atoms with van der Waals surface area (Å²) in [4.78, 5) is 13.1. The van der Waals surface area contributed by atoms with Crippen molar-refractivity contribution in [2.24, 2.45) is 0 Å². The fourth-order valence-corrected chi connectivity index (χ4v) is 9.87. The fourth-order valence-electron chi connectivity index (χ4n) is 9.87. The Hall–Kier alpha value is -2.37. The van der Waals surface area contributed by atoms with Crippen LogP contribution in [0, 0.1) is 0 Å². The maximum absolute atomic E-state index is 13.1. The Balaban J connectivity index is 2.05. The van der Waals surface area contributed by atoms with Crippen LogP contribution in [0.4, 0.5) is 0 Å². The molecule has 0 aromatic carbocycles. The number of allylic oxidation sites excluding steroid dienone is 12. The summed E-state index contributed by atoms with van der Waals surface area (Å²) in [5.74, 6) is -0.142. The van der Waals surface area contributed by atoms with E-state index in [-0.39, 0.29) is 12.5 Å². The van der Waals surface area contributed by atoms with E-state index in [1.807, 2.05) is 0 Å². The predicted molar refractivity (Wildman–Crippen MR) is 318 cm³/mol. The minimum atomic E-state index is -1.55. The van der Waals surface area contributed by atoms with Crippen molar-refractivity contribution in [2.45, 2.75) is 326 Å². The molecule has 0 aromatic rings. The Morgan fingerprint density at radius 2 is 0.827 bits per heavy atom. The number of carbonyl (C=O) groups is 1. The Morgan fingerprint density at radius 1 is 0.467 bits per heavy atom. The van der Waals surface area contributed by atoms with Crippen molar-refractivity contribution in [3.8, 4) is 0 Å². The van der Waals surface area contributed by atoms with E-state index in [1.54, 1.807) is 0 Å². The third-order valence-electron chi connectivity index (χ3n) is 14.8. The SMILES string of the molecule is CC/C=C\C/C=C\C/C=C\C/C=C\C/C=C\C/C=C\CCCCCCCCCCCCCCCCCCCCCCC(=O)NC(COC1OC(CO)C(O)C(O)C1O)C(O)CCCCCCCCCCCCCCC. The molecule has 0 aromatic heterocycles. The smallest absolute Gasteiger partial charge is 0.220 e. The van der Waals surface area contributed by atoms with Gasteiger partial charge in [-0.05, 0) is 64.2 Å². The van der Waals surface area contributed by atoms with Gasteiger partial charge >= 0.3 is 0 Å². The number of nitrogens with one attached hydrogen (secondary N) is 1. The molecule has 9 nitrogen and oxygen atoms in total. The van der Waals surface area contributed by atoms with E-state index in [4.69, 9.17) is 9.47 Å². The minimum absolute atomic E-state index is 0.136. The van der Waals surface area contributed by atoms with E-state index < -0.39 is 49.5 Å². The van der Waals surface area contributed by atoms with Gasteiger partial charge in [0.2, 0.25) is 5.91 Å². The highest BCUT2D eigenvalue weighted by Crippen LogP contribution is 2.23. The zero-order valence-electron chi connectivity index (χ0n) is 48.5. The van der Waals surface area contributed by atoms with Crippen LogP contribution in [0.2, 0.25) is 0 Å². The zero-order valence-corrected chi connectivity index (χ0v) is 48.5. The second-order valence-corrected chi connectivity index (χ2v) is 21.8. The van der Waals surface area contributed by atoms with E-state index in [0.717, 1.165) is 77.0 Å². The number of hydrogen-bond acceptors (Lipinski definition) is 8. The van der Waals surface area contributed by atoms with Gasteiger partial charge in [-0.3, -0.25) is 4.79 Å². The van der Waals surface area contributed by atoms with Gasteiger partial charge in [-0.1, -0.05) is 286 Å². The highest BCUT2D eigenvalue weighted by molar-refractivity contribution is 5.76. The summed E-state index contributed by atoms with van der Waals surface area (Å²) in [6.45, 7) is 3.73. The summed E-state index contributed by atoms with van der Waals surface area (Å²) in [5, 5.41) is 54.6. The van der Waals surface area contributed by atoms with Gasteiger partial charge in [0.15, 0.2) is 6.29 Å². The summed E-state index contributed by atoms with van der Waals surface area (Å²) in [5.41, 5.74) is 0. The topological polar surface area (TPSA) is 149 Å². The van der Waals surface area contributed by atoms with Crippen LogP contribution in [0.3, 0.4) is 0 Å². The zero-order chi connectivity index (χ0) is 54.3. The lowest BCUT2D eigenvalue weighted by atomic mass is 9.99. The third-order valence-corrected chi connectivity index (χ3v) is 14.8. The van der Waals surface area contributed by atoms with Gasteiger partial charge in [0.25, 0.3) is 0 Å². The van der Waals surface area contributed by atoms with Gasteiger partial charge in [-0.2, -0.15) is 0 Å². The molecule has 0 radical (unpaired) electrons. The standard InChI is InChI=1S/C66H119NO8/c1-3-5-7-9-11-13-15-17-18-19-20-21-22-23-24-25-26-27-28-29-30-31-32-33-34-35-36-37-38-39-40-41-42-44-46-48-50-52-54-56-62(70)67-59(58-74-66-65(73)64(72)63(71)61(57-68)75-66)60(69)55-53-51-49-47-45-43-16-14-12-10-8-6-4-2/h5,7,11,13,17-18,20-21,23-24,26-27,59-61,63-66,68-69,71-73H,3-4,6,8-10,12,14-16,19,22,25,28-58H2,1-2H3,(H,67,70)/b7-5-,13-11-,18-17-,21-20-,24-23-,27-26-. The van der Waals surface area contributed by atoms with Gasteiger partial charge in [-0.15, -0.1) is 0 Å². The molecular formula is C66H119NO8. The maximum atomic E-state index is 13.1. The van der Waals surface area contributed by atoms with Crippen LogP contribution in [-0.4, -0.2) is 87.5 Å². The molecule has 1 amide bonds. The summed E-state index contributed by atoms with van der Waals surface area (Å²) in [6, 6.07) is -0.719. The number of carbonyl (C=O) groups excluding carboxylic acids is 1. The largest absolute Gasteiger partial charge is 0.394 e. The van der Waals surface area contributed by atoms with Crippen LogP contribution in [0.15, 0.2) is 72.9 Å². The Kier molecular flexibility index (Phi) is 51.8. The molecule has 1 saturated heterocycles. The number of hydrogen-bond donors (Lipinski definition) is 6. The molecule has 0 bridgehead atoms. The Bertz CT molecular complexity index is 1410. The van der Waals surface area contributed by atoms with Crippen molar-refractivity contribution in [3.05, 3.63) is 72.9 Å². The fraction of sp³-hybridized carbons (Fsp3) is 0.803. The molecule has 1 aliphatic rings. The highest BCUT2D eigenvalue weighted by Gasteiger charge is 2.44. The lowest BCUT2D eigenvalue weighted by Crippen LogP contribution is -2.60. The molecule has 1 rings (SSSR count). The average Bonchev–Trinajstić information content (AvgIpc) is 3.41. The number of ether oxygens (including phenoxy) is 2. The van der Waals surface area contributed by atoms with Crippen molar-refractivity contribution in [1.82, 2.24) is 5.32 Å². The summed E-state index contributed by atoms with van der Waals surface area (Å²) >= 11 is 0. The predicted octanol–water partition coefficient (Wildman–Crippen LogP) is 16.4. The van der Waals surface area contributed by atoms with E-state index >= 15 is 0 Å².